The summed E-state index contributed by atoms with van der Waals surface area (Å²) in [4.78, 5) is 0. The van der Waals surface area contributed by atoms with Gasteiger partial charge < -0.3 is 10.4 Å². The average Bonchev–Trinajstić information content (AvgIpc) is 2.31. The third-order valence-corrected chi connectivity index (χ3v) is 4.80. The van der Waals surface area contributed by atoms with Crippen LogP contribution in [0.5, 0.6) is 0 Å². The Labute approximate surface area is 99.8 Å². The first-order chi connectivity index (χ1) is 7.62. The molecule has 0 aromatic rings. The maximum Gasteiger partial charge on any atom is 0.0800 e. The lowest BCUT2D eigenvalue weighted by molar-refractivity contribution is -0.0520. The number of hydrogen-bond acceptors (Lipinski definition) is 2. The van der Waals surface area contributed by atoms with Gasteiger partial charge in [-0.1, -0.05) is 20.3 Å². The molecule has 1 aliphatic heterocycles. The Kier molecular flexibility index (Phi) is 3.91. The topological polar surface area (TPSA) is 32.3 Å². The van der Waals surface area contributed by atoms with Crippen molar-refractivity contribution in [1.29, 1.82) is 0 Å². The van der Waals surface area contributed by atoms with Gasteiger partial charge in [-0.3, -0.25) is 0 Å². The molecule has 2 heteroatoms. The number of rotatable bonds is 2. The van der Waals surface area contributed by atoms with E-state index in [1.807, 2.05) is 0 Å². The van der Waals surface area contributed by atoms with Crippen LogP contribution in [0.3, 0.4) is 0 Å². The van der Waals surface area contributed by atoms with Gasteiger partial charge in [0.25, 0.3) is 0 Å². The van der Waals surface area contributed by atoms with E-state index in [4.69, 9.17) is 0 Å². The molecule has 1 saturated heterocycles. The number of hydrogen-bond donors (Lipinski definition) is 2. The van der Waals surface area contributed by atoms with Gasteiger partial charge in [0.05, 0.1) is 5.60 Å². The number of aliphatic hydroxyl groups is 1. The lowest BCUT2D eigenvalue weighted by Gasteiger charge is -2.44. The van der Waals surface area contributed by atoms with Gasteiger partial charge in [-0.2, -0.15) is 0 Å². The summed E-state index contributed by atoms with van der Waals surface area (Å²) in [5.74, 6) is 1.62. The second-order valence-corrected chi connectivity index (χ2v) is 6.19. The van der Waals surface area contributed by atoms with Crippen LogP contribution in [0.4, 0.5) is 0 Å². The monoisotopic (exact) mass is 225 g/mol. The Balaban J connectivity index is 1.89. The minimum Gasteiger partial charge on any atom is -0.388 e. The molecule has 1 aliphatic carbocycles. The fourth-order valence-corrected chi connectivity index (χ4v) is 3.47. The minimum absolute atomic E-state index is 0.370. The molecule has 2 nitrogen and oxygen atoms in total. The van der Waals surface area contributed by atoms with E-state index in [0.29, 0.717) is 6.04 Å². The van der Waals surface area contributed by atoms with Crippen LogP contribution in [0, 0.1) is 11.8 Å². The molecular formula is C14H27NO. The maximum absolute atomic E-state index is 10.7. The first-order valence-corrected chi connectivity index (χ1v) is 7.07. The molecule has 16 heavy (non-hydrogen) atoms. The van der Waals surface area contributed by atoms with Gasteiger partial charge >= 0.3 is 0 Å². The van der Waals surface area contributed by atoms with Crippen LogP contribution in [0.25, 0.3) is 0 Å². The normalized spacial score (nSPS) is 41.2. The van der Waals surface area contributed by atoms with Gasteiger partial charge in [0.15, 0.2) is 0 Å². The smallest absolute Gasteiger partial charge is 0.0800 e. The molecule has 0 spiro atoms. The Morgan fingerprint density at radius 2 is 1.81 bits per heavy atom. The highest BCUT2D eigenvalue weighted by Gasteiger charge is 2.40. The second-order valence-electron chi connectivity index (χ2n) is 6.19. The van der Waals surface area contributed by atoms with Crippen molar-refractivity contribution in [3.63, 3.8) is 0 Å². The molecule has 2 fully saturated rings. The van der Waals surface area contributed by atoms with Gasteiger partial charge in [0.1, 0.15) is 0 Å². The largest absolute Gasteiger partial charge is 0.388 e. The summed E-state index contributed by atoms with van der Waals surface area (Å²) in [7, 11) is 0. The third kappa shape index (κ3) is 2.60. The van der Waals surface area contributed by atoms with Crippen molar-refractivity contribution in [2.45, 2.75) is 70.4 Å². The summed E-state index contributed by atoms with van der Waals surface area (Å²) in [6.07, 6.45) is 8.18. The van der Waals surface area contributed by atoms with Gasteiger partial charge in [-0.15, -0.1) is 0 Å². The molecule has 1 saturated carbocycles. The number of nitrogens with one attached hydrogen (secondary N) is 1. The predicted octanol–water partition coefficient (Wildman–Crippen LogP) is 2.71. The third-order valence-electron chi connectivity index (χ3n) is 4.80. The molecule has 0 aromatic carbocycles. The zero-order valence-corrected chi connectivity index (χ0v) is 10.8. The van der Waals surface area contributed by atoms with E-state index in [1.165, 1.54) is 32.1 Å². The summed E-state index contributed by atoms with van der Waals surface area (Å²) in [5.41, 5.74) is -0.397. The van der Waals surface area contributed by atoms with Crippen LogP contribution in [-0.2, 0) is 0 Å². The predicted molar refractivity (Wildman–Crippen MR) is 67.4 cm³/mol. The fourth-order valence-electron chi connectivity index (χ4n) is 3.47. The fraction of sp³-hybridized carbons (Fsp3) is 1.00. The Morgan fingerprint density at radius 1 is 1.12 bits per heavy atom. The average molecular weight is 225 g/mol. The number of piperidine rings is 1. The highest BCUT2D eigenvalue weighted by atomic mass is 16.3. The van der Waals surface area contributed by atoms with E-state index < -0.39 is 5.60 Å². The lowest BCUT2D eigenvalue weighted by Crippen LogP contribution is -2.54. The van der Waals surface area contributed by atoms with Crippen molar-refractivity contribution < 1.29 is 5.11 Å². The van der Waals surface area contributed by atoms with Crippen LogP contribution in [-0.4, -0.2) is 23.3 Å². The SMILES string of the molecule is CC(C)C1CCC(O)(C2CCCCN2)CC1. The molecule has 1 unspecified atom stereocenters. The lowest BCUT2D eigenvalue weighted by atomic mass is 9.70. The minimum atomic E-state index is -0.397. The molecular weight excluding hydrogens is 198 g/mol. The molecule has 2 aliphatic rings. The van der Waals surface area contributed by atoms with E-state index in [0.717, 1.165) is 31.2 Å². The van der Waals surface area contributed by atoms with Crippen molar-refractivity contribution in [1.82, 2.24) is 5.32 Å². The molecule has 0 amide bonds. The maximum atomic E-state index is 10.7. The summed E-state index contributed by atoms with van der Waals surface area (Å²) in [6.45, 7) is 5.72. The van der Waals surface area contributed by atoms with Crippen LogP contribution >= 0.6 is 0 Å². The summed E-state index contributed by atoms with van der Waals surface area (Å²) in [5, 5.41) is 14.3. The van der Waals surface area contributed by atoms with Crippen molar-refractivity contribution in [2.75, 3.05) is 6.54 Å². The van der Waals surface area contributed by atoms with Crippen molar-refractivity contribution in [3.8, 4) is 0 Å². The van der Waals surface area contributed by atoms with Crippen molar-refractivity contribution in [3.05, 3.63) is 0 Å². The molecule has 2 N–H and O–H groups in total. The molecule has 1 heterocycles. The van der Waals surface area contributed by atoms with Crippen LogP contribution in [0.1, 0.15) is 58.8 Å². The highest BCUT2D eigenvalue weighted by molar-refractivity contribution is 4.96. The second kappa shape index (κ2) is 5.05. The summed E-state index contributed by atoms with van der Waals surface area (Å²) >= 11 is 0. The van der Waals surface area contributed by atoms with E-state index in [9.17, 15) is 5.11 Å². The van der Waals surface area contributed by atoms with Crippen molar-refractivity contribution >= 4 is 0 Å². The Hall–Kier alpha value is -0.0800. The van der Waals surface area contributed by atoms with Gasteiger partial charge in [0, 0.05) is 6.04 Å². The molecule has 0 bridgehead atoms. The van der Waals surface area contributed by atoms with Gasteiger partial charge in [-0.25, -0.2) is 0 Å². The summed E-state index contributed by atoms with van der Waals surface area (Å²) < 4.78 is 0. The molecule has 1 atom stereocenters. The zero-order chi connectivity index (χ0) is 11.6. The van der Waals surface area contributed by atoms with E-state index in [-0.39, 0.29) is 0 Å². The molecule has 94 valence electrons. The zero-order valence-electron chi connectivity index (χ0n) is 10.8. The first-order valence-electron chi connectivity index (χ1n) is 7.07. The molecule has 0 radical (unpaired) electrons. The summed E-state index contributed by atoms with van der Waals surface area (Å²) in [6, 6.07) is 0.370. The van der Waals surface area contributed by atoms with Crippen molar-refractivity contribution in [2.24, 2.45) is 11.8 Å². The molecule has 2 rings (SSSR count). The van der Waals surface area contributed by atoms with E-state index in [2.05, 4.69) is 19.2 Å². The van der Waals surface area contributed by atoms with Gasteiger partial charge in [0.2, 0.25) is 0 Å². The molecule has 0 aromatic heterocycles. The first kappa shape index (κ1) is 12.4. The van der Waals surface area contributed by atoms with E-state index >= 15 is 0 Å². The standard InChI is InChI=1S/C14H27NO/c1-11(2)12-6-8-14(16,9-7-12)13-5-3-4-10-15-13/h11-13,15-16H,3-10H2,1-2H3. The quantitative estimate of drug-likeness (QED) is 0.757. The Morgan fingerprint density at radius 3 is 2.31 bits per heavy atom. The highest BCUT2D eigenvalue weighted by Crippen LogP contribution is 2.39. The van der Waals surface area contributed by atoms with Crippen LogP contribution in [0.15, 0.2) is 0 Å². The van der Waals surface area contributed by atoms with Gasteiger partial charge in [-0.05, 0) is 56.9 Å². The van der Waals surface area contributed by atoms with Crippen LogP contribution < -0.4 is 5.32 Å². The Bertz CT molecular complexity index is 213. The van der Waals surface area contributed by atoms with Crippen LogP contribution in [0.2, 0.25) is 0 Å². The van der Waals surface area contributed by atoms with E-state index in [1.54, 1.807) is 0 Å².